The van der Waals surface area contributed by atoms with Crippen LogP contribution >= 0.6 is 0 Å². The fourth-order valence-corrected chi connectivity index (χ4v) is 8.30. The van der Waals surface area contributed by atoms with Gasteiger partial charge in [-0.3, -0.25) is 0 Å². The molecule has 10 aromatic rings. The number of fused-ring (bicyclic) bond motifs is 3. The van der Waals surface area contributed by atoms with Crippen LogP contribution in [0.15, 0.2) is 218 Å². The second-order valence-corrected chi connectivity index (χ2v) is 14.1. The summed E-state index contributed by atoms with van der Waals surface area (Å²) in [6.45, 7) is 0. The average molecular weight is 685 g/mol. The highest BCUT2D eigenvalue weighted by atomic mass is 14.2. The van der Waals surface area contributed by atoms with E-state index in [0.717, 1.165) is 0 Å². The molecule has 252 valence electrons. The molecule has 0 bridgehead atoms. The van der Waals surface area contributed by atoms with Gasteiger partial charge in [0.15, 0.2) is 0 Å². The van der Waals surface area contributed by atoms with Gasteiger partial charge in [-0.05, 0) is 129 Å². The van der Waals surface area contributed by atoms with Crippen molar-refractivity contribution in [3.8, 4) is 66.8 Å². The molecule has 0 aromatic heterocycles. The Hall–Kier alpha value is -7.02. The highest BCUT2D eigenvalue weighted by Crippen LogP contribution is 2.46. The highest BCUT2D eigenvalue weighted by molar-refractivity contribution is 6.22. The molecule has 0 unspecified atom stereocenters. The van der Waals surface area contributed by atoms with Crippen LogP contribution in [0.3, 0.4) is 0 Å². The molecule has 10 rings (SSSR count). The Bertz CT molecular complexity index is 2910. The fraction of sp³-hybridized carbons (Fsp3) is 0. The molecule has 54 heavy (non-hydrogen) atoms. The largest absolute Gasteiger partial charge is 0.0622 e. The van der Waals surface area contributed by atoms with E-state index in [0.29, 0.717) is 0 Å². The van der Waals surface area contributed by atoms with Crippen LogP contribution in [0.1, 0.15) is 0 Å². The summed E-state index contributed by atoms with van der Waals surface area (Å²) in [6, 6.07) is 79.9. The van der Waals surface area contributed by atoms with Crippen LogP contribution in [0.5, 0.6) is 0 Å². The summed E-state index contributed by atoms with van der Waals surface area (Å²) in [5, 5.41) is 7.50. The molecule has 0 N–H and O–H groups in total. The molecule has 0 aliphatic rings. The molecule has 0 saturated carbocycles. The lowest BCUT2D eigenvalue weighted by Crippen LogP contribution is -1.93. The predicted octanol–water partition coefficient (Wildman–Crippen LogP) is 15.1. The van der Waals surface area contributed by atoms with Crippen molar-refractivity contribution in [2.24, 2.45) is 0 Å². The molecule has 0 saturated heterocycles. The van der Waals surface area contributed by atoms with Gasteiger partial charge < -0.3 is 0 Å². The van der Waals surface area contributed by atoms with E-state index in [9.17, 15) is 0 Å². The van der Waals surface area contributed by atoms with Gasteiger partial charge in [0.05, 0.1) is 0 Å². The molecular formula is C54H36. The Morgan fingerprint density at radius 1 is 0.185 bits per heavy atom. The maximum absolute atomic E-state index is 2.41. The summed E-state index contributed by atoms with van der Waals surface area (Å²) in [4.78, 5) is 0. The third-order valence-corrected chi connectivity index (χ3v) is 10.8. The van der Waals surface area contributed by atoms with Gasteiger partial charge in [0.1, 0.15) is 0 Å². The van der Waals surface area contributed by atoms with Gasteiger partial charge in [0, 0.05) is 0 Å². The van der Waals surface area contributed by atoms with Crippen molar-refractivity contribution >= 4 is 32.3 Å². The van der Waals surface area contributed by atoms with Gasteiger partial charge in [0.25, 0.3) is 0 Å². The first-order valence-electron chi connectivity index (χ1n) is 18.7. The minimum Gasteiger partial charge on any atom is -0.0622 e. The van der Waals surface area contributed by atoms with Crippen molar-refractivity contribution in [1.82, 2.24) is 0 Å². The van der Waals surface area contributed by atoms with Crippen LogP contribution in [-0.4, -0.2) is 0 Å². The lowest BCUT2D eigenvalue weighted by Gasteiger charge is -2.20. The maximum Gasteiger partial charge on any atom is -0.00259 e. The first-order valence-corrected chi connectivity index (χ1v) is 18.7. The minimum absolute atomic E-state index is 1.19. The summed E-state index contributed by atoms with van der Waals surface area (Å²) < 4.78 is 0. The Kier molecular flexibility index (Phi) is 7.93. The minimum atomic E-state index is 1.19. The molecule has 0 aliphatic carbocycles. The molecule has 0 radical (unpaired) electrons. The summed E-state index contributed by atoms with van der Waals surface area (Å²) in [5.41, 5.74) is 14.6. The second kappa shape index (κ2) is 13.5. The maximum atomic E-state index is 2.41. The Morgan fingerprint density at radius 2 is 0.611 bits per heavy atom. The van der Waals surface area contributed by atoms with Crippen molar-refractivity contribution in [3.63, 3.8) is 0 Å². The summed E-state index contributed by atoms with van der Waals surface area (Å²) >= 11 is 0. The van der Waals surface area contributed by atoms with Crippen LogP contribution in [0.2, 0.25) is 0 Å². The van der Waals surface area contributed by atoms with Crippen LogP contribution < -0.4 is 0 Å². The van der Waals surface area contributed by atoms with E-state index in [1.807, 2.05) is 0 Å². The quantitative estimate of drug-likeness (QED) is 0.153. The smallest absolute Gasteiger partial charge is 0.00259 e. The Balaban J connectivity index is 1.26. The van der Waals surface area contributed by atoms with Gasteiger partial charge in [0.2, 0.25) is 0 Å². The van der Waals surface area contributed by atoms with Gasteiger partial charge in [-0.15, -0.1) is 0 Å². The zero-order valence-electron chi connectivity index (χ0n) is 29.8. The molecule has 0 heteroatoms. The average Bonchev–Trinajstić information content (AvgIpc) is 3.26. The SMILES string of the molecule is c1ccc(-c2cccc(-c3cc(-c4ccccc4-c4ccccc4)cc(-c4c5ccccc5c(-c5ccc6ccccc6c5)c5ccccc45)c3)c2)cc1. The lowest BCUT2D eigenvalue weighted by atomic mass is 9.83. The van der Waals surface area contributed by atoms with E-state index in [2.05, 4.69) is 218 Å². The normalized spacial score (nSPS) is 11.3. The number of rotatable bonds is 6. The topological polar surface area (TPSA) is 0 Å². The predicted molar refractivity (Wildman–Crippen MR) is 232 cm³/mol. The summed E-state index contributed by atoms with van der Waals surface area (Å²) in [7, 11) is 0. The number of hydrogen-bond donors (Lipinski definition) is 0. The molecule has 0 nitrogen and oxygen atoms in total. The number of hydrogen-bond acceptors (Lipinski definition) is 0. The summed E-state index contributed by atoms with van der Waals surface area (Å²) in [5.74, 6) is 0. The zero-order valence-corrected chi connectivity index (χ0v) is 29.8. The van der Waals surface area contributed by atoms with Crippen LogP contribution in [0.25, 0.3) is 99.1 Å². The van der Waals surface area contributed by atoms with Crippen LogP contribution in [0, 0.1) is 0 Å². The Labute approximate surface area is 316 Å². The van der Waals surface area contributed by atoms with Gasteiger partial charge in [-0.25, -0.2) is 0 Å². The zero-order chi connectivity index (χ0) is 35.8. The van der Waals surface area contributed by atoms with E-state index in [4.69, 9.17) is 0 Å². The van der Waals surface area contributed by atoms with E-state index in [1.54, 1.807) is 0 Å². The first-order chi connectivity index (χ1) is 26.8. The molecule has 0 fully saturated rings. The van der Waals surface area contributed by atoms with Gasteiger partial charge in [-0.2, -0.15) is 0 Å². The van der Waals surface area contributed by atoms with Crippen molar-refractivity contribution in [2.45, 2.75) is 0 Å². The monoisotopic (exact) mass is 684 g/mol. The van der Waals surface area contributed by atoms with E-state index < -0.39 is 0 Å². The standard InChI is InChI=1S/C54H36/c1-3-16-37(17-4-1)41-22-15-23-42(32-41)44-34-45(48-25-10-9-24-47(48)39-19-5-2-6-20-39)36-46(35-44)54-51-28-13-11-26-49(51)53(50-27-12-14-29-52(50)54)43-31-30-38-18-7-8-21-40(38)33-43/h1-36H. The molecule has 0 atom stereocenters. The highest BCUT2D eigenvalue weighted by Gasteiger charge is 2.19. The molecule has 0 amide bonds. The fourth-order valence-electron chi connectivity index (χ4n) is 8.30. The van der Waals surface area contributed by atoms with Crippen LogP contribution in [0.4, 0.5) is 0 Å². The molecular weight excluding hydrogens is 649 g/mol. The van der Waals surface area contributed by atoms with Gasteiger partial charge >= 0.3 is 0 Å². The first kappa shape index (κ1) is 31.7. The van der Waals surface area contributed by atoms with Crippen molar-refractivity contribution in [2.75, 3.05) is 0 Å². The third kappa shape index (κ3) is 5.66. The molecule has 0 aliphatic heterocycles. The lowest BCUT2D eigenvalue weighted by molar-refractivity contribution is 1.56. The molecule has 10 aromatic carbocycles. The molecule has 0 heterocycles. The summed E-state index contributed by atoms with van der Waals surface area (Å²) in [6.07, 6.45) is 0. The van der Waals surface area contributed by atoms with E-state index in [-0.39, 0.29) is 0 Å². The van der Waals surface area contributed by atoms with Crippen molar-refractivity contribution in [1.29, 1.82) is 0 Å². The van der Waals surface area contributed by atoms with Crippen molar-refractivity contribution < 1.29 is 0 Å². The molecule has 0 spiro atoms. The van der Waals surface area contributed by atoms with Gasteiger partial charge in [-0.1, -0.05) is 188 Å². The Morgan fingerprint density at radius 3 is 1.26 bits per heavy atom. The van der Waals surface area contributed by atoms with E-state index in [1.165, 1.54) is 99.1 Å². The number of benzene rings is 10. The third-order valence-electron chi connectivity index (χ3n) is 10.8. The van der Waals surface area contributed by atoms with Crippen molar-refractivity contribution in [3.05, 3.63) is 218 Å². The second-order valence-electron chi connectivity index (χ2n) is 14.1. The van der Waals surface area contributed by atoms with Crippen LogP contribution in [-0.2, 0) is 0 Å². The van der Waals surface area contributed by atoms with E-state index >= 15 is 0 Å².